The second kappa shape index (κ2) is 4.94. The van der Waals surface area contributed by atoms with Gasteiger partial charge in [0.15, 0.2) is 0 Å². The van der Waals surface area contributed by atoms with E-state index >= 15 is 0 Å². The van der Waals surface area contributed by atoms with Crippen LogP contribution >= 0.6 is 0 Å². The Kier molecular flexibility index (Phi) is 3.73. The molecule has 0 aromatic carbocycles. The quantitative estimate of drug-likeness (QED) is 0.817. The summed E-state index contributed by atoms with van der Waals surface area (Å²) in [6.45, 7) is 6.91. The van der Waals surface area contributed by atoms with Crippen LogP contribution in [0.5, 0.6) is 0 Å². The van der Waals surface area contributed by atoms with Crippen LogP contribution in [0.3, 0.4) is 0 Å². The fourth-order valence-electron chi connectivity index (χ4n) is 3.17. The molecule has 4 heteroatoms. The summed E-state index contributed by atoms with van der Waals surface area (Å²) in [5, 5.41) is 9.15. The number of likely N-dealkylation sites (tertiary alicyclic amines) is 1. The lowest BCUT2D eigenvalue weighted by molar-refractivity contribution is -0.142. The van der Waals surface area contributed by atoms with Crippen LogP contribution in [0.25, 0.3) is 0 Å². The Morgan fingerprint density at radius 3 is 2.88 bits per heavy atom. The predicted octanol–water partition coefficient (Wildman–Crippen LogP) is 1.74. The molecule has 2 fully saturated rings. The maximum Gasteiger partial charge on any atom is 0.320 e. The molecular formula is C13H23NO3. The Bertz CT molecular complexity index is 290. The molecule has 2 unspecified atom stereocenters. The highest BCUT2D eigenvalue weighted by atomic mass is 16.5. The zero-order valence-corrected chi connectivity index (χ0v) is 10.8. The van der Waals surface area contributed by atoms with Gasteiger partial charge in [0.2, 0.25) is 0 Å². The van der Waals surface area contributed by atoms with Gasteiger partial charge in [-0.3, -0.25) is 9.69 Å². The second-order valence-corrected chi connectivity index (χ2v) is 5.96. The Hall–Kier alpha value is -0.610. The van der Waals surface area contributed by atoms with Crippen LogP contribution in [0.15, 0.2) is 0 Å². The topological polar surface area (TPSA) is 49.8 Å². The molecule has 2 atom stereocenters. The van der Waals surface area contributed by atoms with Crippen LogP contribution < -0.4 is 0 Å². The summed E-state index contributed by atoms with van der Waals surface area (Å²) in [5.41, 5.74) is -0.0403. The summed E-state index contributed by atoms with van der Waals surface area (Å²) >= 11 is 0. The molecule has 98 valence electrons. The molecule has 2 aliphatic rings. The molecule has 1 N–H and O–H groups in total. The van der Waals surface area contributed by atoms with E-state index in [2.05, 4.69) is 18.7 Å². The zero-order chi connectivity index (χ0) is 12.5. The molecule has 0 amide bonds. The highest BCUT2D eigenvalue weighted by Crippen LogP contribution is 2.30. The number of nitrogens with zero attached hydrogens (tertiary/aromatic N) is 1. The van der Waals surface area contributed by atoms with Gasteiger partial charge in [-0.1, -0.05) is 0 Å². The van der Waals surface area contributed by atoms with Crippen LogP contribution in [0, 0.1) is 5.92 Å². The highest BCUT2D eigenvalue weighted by molar-refractivity contribution is 5.73. The third-order valence-corrected chi connectivity index (χ3v) is 3.94. The maximum atomic E-state index is 11.1. The summed E-state index contributed by atoms with van der Waals surface area (Å²) in [4.78, 5) is 13.3. The number of hydrogen-bond acceptors (Lipinski definition) is 3. The monoisotopic (exact) mass is 241 g/mol. The number of carboxylic acid groups (broad SMARTS) is 1. The zero-order valence-electron chi connectivity index (χ0n) is 10.8. The molecule has 2 rings (SSSR count). The Balaban J connectivity index is 1.90. The molecule has 0 aliphatic carbocycles. The minimum atomic E-state index is -0.659. The van der Waals surface area contributed by atoms with Crippen molar-refractivity contribution in [1.82, 2.24) is 4.90 Å². The van der Waals surface area contributed by atoms with Gasteiger partial charge < -0.3 is 9.84 Å². The fraction of sp³-hybridized carbons (Fsp3) is 0.923. The summed E-state index contributed by atoms with van der Waals surface area (Å²) < 4.78 is 5.70. The van der Waals surface area contributed by atoms with Gasteiger partial charge in [0.1, 0.15) is 6.04 Å². The molecule has 2 aliphatic heterocycles. The van der Waals surface area contributed by atoms with Crippen molar-refractivity contribution < 1.29 is 14.6 Å². The molecule has 2 saturated heterocycles. The average molecular weight is 241 g/mol. The van der Waals surface area contributed by atoms with Gasteiger partial charge in [-0.25, -0.2) is 0 Å². The normalized spacial score (nSPS) is 33.8. The van der Waals surface area contributed by atoms with E-state index in [1.807, 2.05) is 0 Å². The number of hydrogen-bond donors (Lipinski definition) is 1. The van der Waals surface area contributed by atoms with E-state index in [4.69, 9.17) is 9.84 Å². The standard InChI is InChI=1S/C13H23NO3/c1-13(2)8-10(5-7-17-13)9-14-6-3-4-11(14)12(15)16/h10-11H,3-9H2,1-2H3,(H,15,16). The van der Waals surface area contributed by atoms with Crippen LogP contribution in [0.1, 0.15) is 39.5 Å². The van der Waals surface area contributed by atoms with Gasteiger partial charge in [-0.2, -0.15) is 0 Å². The van der Waals surface area contributed by atoms with E-state index in [0.29, 0.717) is 5.92 Å². The van der Waals surface area contributed by atoms with Gasteiger partial charge in [0.05, 0.1) is 5.60 Å². The summed E-state index contributed by atoms with van der Waals surface area (Å²) in [5.74, 6) is -0.0764. The molecule has 0 bridgehead atoms. The first kappa shape index (κ1) is 12.8. The highest BCUT2D eigenvalue weighted by Gasteiger charge is 2.35. The number of rotatable bonds is 3. The molecule has 2 heterocycles. The molecule has 0 radical (unpaired) electrons. The summed E-state index contributed by atoms with van der Waals surface area (Å²) in [6, 6.07) is -0.249. The number of carbonyl (C=O) groups is 1. The van der Waals surface area contributed by atoms with Crippen molar-refractivity contribution in [2.24, 2.45) is 5.92 Å². The number of ether oxygens (including phenoxy) is 1. The number of carboxylic acids is 1. The van der Waals surface area contributed by atoms with Crippen molar-refractivity contribution in [3.63, 3.8) is 0 Å². The lowest BCUT2D eigenvalue weighted by Crippen LogP contribution is -2.43. The predicted molar refractivity (Wildman–Crippen MR) is 65.0 cm³/mol. The largest absolute Gasteiger partial charge is 0.480 e. The average Bonchev–Trinajstić information content (AvgIpc) is 2.64. The van der Waals surface area contributed by atoms with E-state index < -0.39 is 5.97 Å². The minimum absolute atomic E-state index is 0.0403. The van der Waals surface area contributed by atoms with E-state index in [9.17, 15) is 4.79 Å². The molecule has 0 spiro atoms. The van der Waals surface area contributed by atoms with Crippen molar-refractivity contribution >= 4 is 5.97 Å². The lowest BCUT2D eigenvalue weighted by Gasteiger charge is -2.37. The molecule has 0 saturated carbocycles. The van der Waals surface area contributed by atoms with E-state index in [1.54, 1.807) is 0 Å². The lowest BCUT2D eigenvalue weighted by atomic mass is 9.88. The second-order valence-electron chi connectivity index (χ2n) is 5.96. The molecule has 0 aromatic heterocycles. The third-order valence-electron chi connectivity index (χ3n) is 3.94. The Labute approximate surface area is 103 Å². The van der Waals surface area contributed by atoms with E-state index in [1.165, 1.54) is 0 Å². The molecule has 4 nitrogen and oxygen atoms in total. The SMILES string of the molecule is CC1(C)CC(CN2CCCC2C(=O)O)CCO1. The minimum Gasteiger partial charge on any atom is -0.480 e. The third kappa shape index (κ3) is 3.19. The van der Waals surface area contributed by atoms with Gasteiger partial charge >= 0.3 is 5.97 Å². The van der Waals surface area contributed by atoms with Gasteiger partial charge in [-0.05, 0) is 52.0 Å². The Morgan fingerprint density at radius 2 is 2.24 bits per heavy atom. The fourth-order valence-corrected chi connectivity index (χ4v) is 3.17. The van der Waals surface area contributed by atoms with E-state index in [-0.39, 0.29) is 11.6 Å². The van der Waals surface area contributed by atoms with Crippen molar-refractivity contribution in [3.8, 4) is 0 Å². The van der Waals surface area contributed by atoms with Crippen LogP contribution in [0.4, 0.5) is 0 Å². The van der Waals surface area contributed by atoms with Crippen molar-refractivity contribution in [2.75, 3.05) is 19.7 Å². The van der Waals surface area contributed by atoms with Crippen LogP contribution in [-0.4, -0.2) is 47.3 Å². The summed E-state index contributed by atoms with van der Waals surface area (Å²) in [6.07, 6.45) is 3.92. The van der Waals surface area contributed by atoms with Gasteiger partial charge in [0.25, 0.3) is 0 Å². The van der Waals surface area contributed by atoms with Crippen molar-refractivity contribution in [1.29, 1.82) is 0 Å². The van der Waals surface area contributed by atoms with Crippen LogP contribution in [-0.2, 0) is 9.53 Å². The van der Waals surface area contributed by atoms with Crippen molar-refractivity contribution in [3.05, 3.63) is 0 Å². The molecule has 0 aromatic rings. The van der Waals surface area contributed by atoms with Gasteiger partial charge in [0, 0.05) is 13.2 Å². The van der Waals surface area contributed by atoms with Gasteiger partial charge in [-0.15, -0.1) is 0 Å². The first-order chi connectivity index (χ1) is 7.98. The summed E-state index contributed by atoms with van der Waals surface area (Å²) in [7, 11) is 0. The van der Waals surface area contributed by atoms with Crippen molar-refractivity contribution in [2.45, 2.75) is 51.2 Å². The van der Waals surface area contributed by atoms with Crippen LogP contribution in [0.2, 0.25) is 0 Å². The maximum absolute atomic E-state index is 11.1. The molecule has 17 heavy (non-hydrogen) atoms. The first-order valence-electron chi connectivity index (χ1n) is 6.59. The Morgan fingerprint density at radius 1 is 1.47 bits per heavy atom. The number of aliphatic carboxylic acids is 1. The first-order valence-corrected chi connectivity index (χ1v) is 6.59. The van der Waals surface area contributed by atoms with E-state index in [0.717, 1.165) is 45.4 Å². The molecular weight excluding hydrogens is 218 g/mol. The smallest absolute Gasteiger partial charge is 0.320 e.